The Labute approximate surface area is 106 Å². The Morgan fingerprint density at radius 2 is 2.00 bits per heavy atom. The van der Waals surface area contributed by atoms with Gasteiger partial charge in [-0.15, -0.1) is 0 Å². The van der Waals surface area contributed by atoms with Crippen molar-refractivity contribution in [3.05, 3.63) is 29.8 Å². The quantitative estimate of drug-likeness (QED) is 0.788. The molecule has 0 heterocycles. The van der Waals surface area contributed by atoms with Gasteiger partial charge in [-0.1, -0.05) is 25.1 Å². The fourth-order valence-corrected chi connectivity index (χ4v) is 1.91. The molecule has 0 saturated heterocycles. The lowest BCUT2D eigenvalue weighted by molar-refractivity contribution is 0.152. The molecule has 0 fully saturated rings. The number of aliphatic hydroxyl groups is 1. The van der Waals surface area contributed by atoms with E-state index in [9.17, 15) is 8.78 Å². The predicted molar refractivity (Wildman–Crippen MR) is 69.0 cm³/mol. The highest BCUT2D eigenvalue weighted by atomic mass is 19.3. The molecule has 0 saturated carbocycles. The summed E-state index contributed by atoms with van der Waals surface area (Å²) < 4.78 is 25.1. The van der Waals surface area contributed by atoms with E-state index in [1.54, 1.807) is 12.1 Å². The maximum absolute atomic E-state index is 12.6. The van der Waals surface area contributed by atoms with Crippen molar-refractivity contribution < 1.29 is 13.9 Å². The standard InChI is InChI=1S/C13H20F2N2O/c1-2-11(16)10-5-3-4-6-12(10)17(7-8-18)9-13(14)15/h3-6,11,13,18H,2,7-9,16H2,1H3. The molecule has 1 unspecified atom stereocenters. The zero-order chi connectivity index (χ0) is 13.5. The Kier molecular flexibility index (Phi) is 6.01. The fourth-order valence-electron chi connectivity index (χ4n) is 1.91. The second-order valence-electron chi connectivity index (χ2n) is 4.13. The number of hydrogen-bond donors (Lipinski definition) is 2. The maximum Gasteiger partial charge on any atom is 0.255 e. The largest absolute Gasteiger partial charge is 0.395 e. The van der Waals surface area contributed by atoms with Gasteiger partial charge in [0.15, 0.2) is 0 Å². The zero-order valence-electron chi connectivity index (χ0n) is 10.5. The molecular formula is C13H20F2N2O. The molecule has 0 aromatic heterocycles. The van der Waals surface area contributed by atoms with Crippen LogP contribution in [0.3, 0.4) is 0 Å². The van der Waals surface area contributed by atoms with E-state index in [0.717, 1.165) is 12.0 Å². The molecule has 1 aromatic carbocycles. The van der Waals surface area contributed by atoms with Crippen LogP contribution in [0.5, 0.6) is 0 Å². The van der Waals surface area contributed by atoms with Crippen LogP contribution >= 0.6 is 0 Å². The van der Waals surface area contributed by atoms with Crippen LogP contribution in [0.25, 0.3) is 0 Å². The lowest BCUT2D eigenvalue weighted by Gasteiger charge is -2.27. The molecule has 0 aliphatic carbocycles. The Hall–Kier alpha value is -1.20. The van der Waals surface area contributed by atoms with Gasteiger partial charge in [0, 0.05) is 18.3 Å². The monoisotopic (exact) mass is 258 g/mol. The van der Waals surface area contributed by atoms with Crippen LogP contribution in [0, 0.1) is 0 Å². The molecule has 1 rings (SSSR count). The molecule has 0 bridgehead atoms. The lowest BCUT2D eigenvalue weighted by atomic mass is 10.0. The van der Waals surface area contributed by atoms with E-state index in [1.165, 1.54) is 4.90 Å². The normalized spacial score (nSPS) is 12.8. The van der Waals surface area contributed by atoms with Gasteiger partial charge in [-0.3, -0.25) is 0 Å². The van der Waals surface area contributed by atoms with Crippen LogP contribution in [-0.2, 0) is 0 Å². The van der Waals surface area contributed by atoms with Crippen LogP contribution in [0.15, 0.2) is 24.3 Å². The van der Waals surface area contributed by atoms with Crippen molar-refractivity contribution in [1.29, 1.82) is 0 Å². The van der Waals surface area contributed by atoms with Gasteiger partial charge in [0.1, 0.15) is 0 Å². The van der Waals surface area contributed by atoms with Gasteiger partial charge in [-0.25, -0.2) is 8.78 Å². The van der Waals surface area contributed by atoms with Crippen LogP contribution in [0.4, 0.5) is 14.5 Å². The van der Waals surface area contributed by atoms with Crippen molar-refractivity contribution in [2.24, 2.45) is 5.73 Å². The molecule has 0 spiro atoms. The van der Waals surface area contributed by atoms with Crippen molar-refractivity contribution >= 4 is 5.69 Å². The van der Waals surface area contributed by atoms with E-state index in [2.05, 4.69) is 0 Å². The molecule has 1 atom stereocenters. The molecular weight excluding hydrogens is 238 g/mol. The summed E-state index contributed by atoms with van der Waals surface area (Å²) >= 11 is 0. The minimum atomic E-state index is -2.44. The number of para-hydroxylation sites is 1. The lowest BCUT2D eigenvalue weighted by Crippen LogP contribution is -2.33. The maximum atomic E-state index is 12.6. The minimum absolute atomic E-state index is 0.164. The third kappa shape index (κ3) is 3.92. The van der Waals surface area contributed by atoms with E-state index in [4.69, 9.17) is 10.8 Å². The number of benzene rings is 1. The van der Waals surface area contributed by atoms with Gasteiger partial charge in [0.05, 0.1) is 13.2 Å². The molecule has 102 valence electrons. The summed E-state index contributed by atoms with van der Waals surface area (Å²) in [6.45, 7) is 1.57. The number of alkyl halides is 2. The number of nitrogens with zero attached hydrogens (tertiary/aromatic N) is 1. The fraction of sp³-hybridized carbons (Fsp3) is 0.538. The van der Waals surface area contributed by atoms with Gasteiger partial charge in [-0.2, -0.15) is 0 Å². The Morgan fingerprint density at radius 3 is 2.56 bits per heavy atom. The third-order valence-corrected chi connectivity index (χ3v) is 2.85. The van der Waals surface area contributed by atoms with Gasteiger partial charge in [-0.05, 0) is 18.1 Å². The first-order chi connectivity index (χ1) is 8.60. The average Bonchev–Trinajstić information content (AvgIpc) is 2.37. The molecule has 0 amide bonds. The second kappa shape index (κ2) is 7.28. The molecule has 3 nitrogen and oxygen atoms in total. The highest BCUT2D eigenvalue weighted by Gasteiger charge is 2.17. The Morgan fingerprint density at radius 1 is 1.33 bits per heavy atom. The molecule has 5 heteroatoms. The summed E-state index contributed by atoms with van der Waals surface area (Å²) in [7, 11) is 0. The molecule has 0 aliphatic rings. The summed E-state index contributed by atoms with van der Waals surface area (Å²) in [6, 6.07) is 7.06. The van der Waals surface area contributed by atoms with Crippen molar-refractivity contribution in [2.45, 2.75) is 25.8 Å². The SMILES string of the molecule is CCC(N)c1ccccc1N(CCO)CC(F)F. The van der Waals surface area contributed by atoms with Gasteiger partial charge < -0.3 is 15.7 Å². The Balaban J connectivity index is 3.02. The smallest absolute Gasteiger partial charge is 0.255 e. The number of anilines is 1. The zero-order valence-corrected chi connectivity index (χ0v) is 10.5. The number of nitrogens with two attached hydrogens (primary N) is 1. The van der Waals surface area contributed by atoms with Gasteiger partial charge in [0.25, 0.3) is 6.43 Å². The highest BCUT2D eigenvalue weighted by Crippen LogP contribution is 2.27. The summed E-state index contributed by atoms with van der Waals surface area (Å²) in [4.78, 5) is 1.48. The topological polar surface area (TPSA) is 49.5 Å². The van der Waals surface area contributed by atoms with Crippen molar-refractivity contribution in [2.75, 3.05) is 24.6 Å². The number of aliphatic hydroxyl groups excluding tert-OH is 1. The summed E-state index contributed by atoms with van der Waals surface area (Å²) in [5, 5.41) is 8.98. The highest BCUT2D eigenvalue weighted by molar-refractivity contribution is 5.55. The number of hydrogen-bond acceptors (Lipinski definition) is 3. The van der Waals surface area contributed by atoms with Crippen molar-refractivity contribution in [1.82, 2.24) is 0 Å². The average molecular weight is 258 g/mol. The van der Waals surface area contributed by atoms with Crippen molar-refractivity contribution in [3.63, 3.8) is 0 Å². The second-order valence-corrected chi connectivity index (χ2v) is 4.13. The summed E-state index contributed by atoms with van der Waals surface area (Å²) in [6.07, 6.45) is -1.71. The summed E-state index contributed by atoms with van der Waals surface area (Å²) in [5.74, 6) is 0. The van der Waals surface area contributed by atoms with Gasteiger partial charge in [0.2, 0.25) is 0 Å². The van der Waals surface area contributed by atoms with E-state index in [0.29, 0.717) is 5.69 Å². The van der Waals surface area contributed by atoms with E-state index >= 15 is 0 Å². The first-order valence-electron chi connectivity index (χ1n) is 6.08. The number of halogens is 2. The van der Waals surface area contributed by atoms with Crippen LogP contribution in [0.2, 0.25) is 0 Å². The predicted octanol–water partition coefficient (Wildman–Crippen LogP) is 2.16. The molecule has 0 radical (unpaired) electrons. The van der Waals surface area contributed by atoms with Gasteiger partial charge >= 0.3 is 0 Å². The first-order valence-corrected chi connectivity index (χ1v) is 6.08. The van der Waals surface area contributed by atoms with E-state index in [-0.39, 0.29) is 19.2 Å². The van der Waals surface area contributed by atoms with E-state index in [1.807, 2.05) is 19.1 Å². The molecule has 0 aliphatic heterocycles. The minimum Gasteiger partial charge on any atom is -0.395 e. The van der Waals surface area contributed by atoms with Crippen LogP contribution < -0.4 is 10.6 Å². The molecule has 3 N–H and O–H groups in total. The molecule has 18 heavy (non-hydrogen) atoms. The summed E-state index contributed by atoms with van der Waals surface area (Å²) in [5.41, 5.74) is 7.51. The van der Waals surface area contributed by atoms with Crippen LogP contribution in [-0.4, -0.2) is 31.2 Å². The molecule has 1 aromatic rings. The van der Waals surface area contributed by atoms with Crippen molar-refractivity contribution in [3.8, 4) is 0 Å². The Bertz CT molecular complexity index is 361. The number of rotatable bonds is 7. The third-order valence-electron chi connectivity index (χ3n) is 2.85. The van der Waals surface area contributed by atoms with Crippen LogP contribution in [0.1, 0.15) is 24.9 Å². The van der Waals surface area contributed by atoms with E-state index < -0.39 is 13.0 Å². The first kappa shape index (κ1) is 14.9.